The Labute approximate surface area is 207 Å². The Kier molecular flexibility index (Phi) is 9.91. The number of carbonyl (C=O) groups excluding carboxylic acids is 6. The summed E-state index contributed by atoms with van der Waals surface area (Å²) in [6, 6.07) is 13.1. The Morgan fingerprint density at radius 2 is 0.972 bits per heavy atom. The van der Waals surface area contributed by atoms with Gasteiger partial charge in [0.2, 0.25) is 0 Å². The van der Waals surface area contributed by atoms with E-state index in [2.05, 4.69) is 0 Å². The van der Waals surface area contributed by atoms with Crippen LogP contribution in [0.15, 0.2) is 48.5 Å². The first kappa shape index (κ1) is 27.8. The van der Waals surface area contributed by atoms with E-state index in [9.17, 15) is 33.6 Å². The first-order valence-electron chi connectivity index (χ1n) is 11.2. The van der Waals surface area contributed by atoms with Gasteiger partial charge in [-0.2, -0.15) is 0 Å². The van der Waals surface area contributed by atoms with Gasteiger partial charge in [0.15, 0.2) is 0 Å². The molecule has 2 aromatic rings. The lowest BCUT2D eigenvalue weighted by molar-refractivity contribution is -0.141. The van der Waals surface area contributed by atoms with Gasteiger partial charge in [0, 0.05) is 0 Å². The molecule has 2 aliphatic rings. The summed E-state index contributed by atoms with van der Waals surface area (Å²) < 4.78 is 0. The van der Waals surface area contributed by atoms with Crippen LogP contribution in [0.5, 0.6) is 0 Å². The van der Waals surface area contributed by atoms with E-state index in [0.717, 1.165) is 22.6 Å². The minimum absolute atomic E-state index is 0.130. The molecule has 0 spiro atoms. The van der Waals surface area contributed by atoms with Gasteiger partial charge in [-0.25, -0.2) is 0 Å². The van der Waals surface area contributed by atoms with Crippen molar-refractivity contribution in [3.05, 3.63) is 70.8 Å². The number of imide groups is 2. The van der Waals surface area contributed by atoms with Crippen LogP contribution in [0.1, 0.15) is 68.1 Å². The van der Waals surface area contributed by atoms with Crippen molar-refractivity contribution in [1.29, 1.82) is 0 Å². The molecular weight excluding hydrogens is 468 g/mol. The molecular formula is C26H26N2O8. The van der Waals surface area contributed by atoms with E-state index in [1.807, 2.05) is 13.8 Å². The predicted molar refractivity (Wildman–Crippen MR) is 127 cm³/mol. The van der Waals surface area contributed by atoms with Crippen LogP contribution in [0.3, 0.4) is 0 Å². The molecule has 4 amide bonds. The van der Waals surface area contributed by atoms with Gasteiger partial charge in [0.05, 0.1) is 41.3 Å². The van der Waals surface area contributed by atoms with Crippen molar-refractivity contribution in [3.8, 4) is 0 Å². The molecule has 1 N–H and O–H groups in total. The van der Waals surface area contributed by atoms with Crippen LogP contribution in [0, 0.1) is 5.92 Å². The summed E-state index contributed by atoms with van der Waals surface area (Å²) in [6.07, 6.45) is 2.57. The van der Waals surface area contributed by atoms with Crippen molar-refractivity contribution in [1.82, 2.24) is 9.80 Å². The van der Waals surface area contributed by atoms with Crippen LogP contribution < -0.4 is 0 Å². The molecule has 0 fully saturated rings. The van der Waals surface area contributed by atoms with Gasteiger partial charge < -0.3 is 14.7 Å². The monoisotopic (exact) mass is 494 g/mol. The van der Waals surface area contributed by atoms with Crippen molar-refractivity contribution >= 4 is 42.2 Å². The fourth-order valence-corrected chi connectivity index (χ4v) is 3.60. The van der Waals surface area contributed by atoms with Crippen molar-refractivity contribution in [2.45, 2.75) is 26.7 Å². The van der Waals surface area contributed by atoms with Gasteiger partial charge in [-0.05, 0) is 37.1 Å². The van der Waals surface area contributed by atoms with Gasteiger partial charge in [0.25, 0.3) is 23.6 Å². The third-order valence-electron chi connectivity index (χ3n) is 5.61. The first-order valence-corrected chi connectivity index (χ1v) is 11.2. The fourth-order valence-electron chi connectivity index (χ4n) is 3.60. The molecule has 0 radical (unpaired) electrons. The zero-order chi connectivity index (χ0) is 26.8. The van der Waals surface area contributed by atoms with Crippen LogP contribution in [0.4, 0.5) is 0 Å². The molecule has 0 saturated heterocycles. The Balaban J connectivity index is 0.000000199. The average Bonchev–Trinajstić information content (AvgIpc) is 3.27. The minimum Gasteiger partial charge on any atom is -0.481 e. The maximum atomic E-state index is 11.5. The molecule has 10 heteroatoms. The summed E-state index contributed by atoms with van der Waals surface area (Å²) in [6.45, 7) is 3.43. The largest absolute Gasteiger partial charge is 0.481 e. The molecule has 2 heterocycles. The third kappa shape index (κ3) is 5.96. The zero-order valence-electron chi connectivity index (χ0n) is 19.9. The van der Waals surface area contributed by atoms with Gasteiger partial charge in [-0.1, -0.05) is 38.1 Å². The Morgan fingerprint density at radius 1 is 0.694 bits per heavy atom. The molecule has 4 rings (SSSR count). The highest BCUT2D eigenvalue weighted by molar-refractivity contribution is 6.22. The smallest absolute Gasteiger partial charge is 0.306 e. The highest BCUT2D eigenvalue weighted by Gasteiger charge is 2.35. The molecule has 0 bridgehead atoms. The zero-order valence-corrected chi connectivity index (χ0v) is 19.9. The number of hydrogen-bond donors (Lipinski definition) is 1. The summed E-state index contributed by atoms with van der Waals surface area (Å²) in [5.74, 6) is -2.36. The fraction of sp³-hybridized carbons (Fsp3) is 0.269. The third-order valence-corrected chi connectivity index (χ3v) is 5.61. The molecule has 0 unspecified atom stereocenters. The topological polar surface area (TPSA) is 146 Å². The van der Waals surface area contributed by atoms with Crippen molar-refractivity contribution < 1.29 is 38.7 Å². The number of hydrogen-bond acceptors (Lipinski definition) is 7. The van der Waals surface area contributed by atoms with Crippen molar-refractivity contribution in [3.63, 3.8) is 0 Å². The number of benzene rings is 2. The lowest BCUT2D eigenvalue weighted by Gasteiger charge is -2.07. The summed E-state index contributed by atoms with van der Waals surface area (Å²) in [5, 5.41) is 8.37. The lowest BCUT2D eigenvalue weighted by Crippen LogP contribution is -2.31. The number of aliphatic carboxylic acids is 1. The molecule has 0 aliphatic carbocycles. The maximum absolute atomic E-state index is 11.5. The van der Waals surface area contributed by atoms with E-state index >= 15 is 0 Å². The average molecular weight is 495 g/mol. The van der Waals surface area contributed by atoms with E-state index in [0.29, 0.717) is 34.8 Å². The molecule has 2 aliphatic heterocycles. The maximum Gasteiger partial charge on any atom is 0.306 e. The number of carboxylic acid groups (broad SMARTS) is 1. The minimum atomic E-state index is -0.671. The van der Waals surface area contributed by atoms with Crippen LogP contribution >= 0.6 is 0 Å². The molecule has 0 atom stereocenters. The second-order valence-electron chi connectivity index (χ2n) is 7.72. The number of nitrogens with zero attached hydrogens (tertiary/aromatic N) is 2. The van der Waals surface area contributed by atoms with Gasteiger partial charge in [-0.3, -0.25) is 33.8 Å². The normalized spacial score (nSPS) is 13.4. The number of carbonyl (C=O) groups is 7. The van der Waals surface area contributed by atoms with Crippen LogP contribution in [0.2, 0.25) is 0 Å². The van der Waals surface area contributed by atoms with Gasteiger partial charge in [0.1, 0.15) is 12.6 Å². The Hall–Kier alpha value is -4.47. The SMILES string of the molecule is CCC(CC)C(=O)O.O=CCN1C(=O)c2ccccc2C1=O.O=CCN1C(=O)c2ccccc2C1=O. The number of aldehydes is 2. The van der Waals surface area contributed by atoms with E-state index in [1.54, 1.807) is 48.5 Å². The molecule has 36 heavy (non-hydrogen) atoms. The van der Waals surface area contributed by atoms with Crippen LogP contribution in [-0.2, 0) is 14.4 Å². The molecule has 10 nitrogen and oxygen atoms in total. The molecule has 188 valence electrons. The van der Waals surface area contributed by atoms with Crippen molar-refractivity contribution in [2.75, 3.05) is 13.1 Å². The van der Waals surface area contributed by atoms with E-state index in [-0.39, 0.29) is 19.0 Å². The summed E-state index contributed by atoms with van der Waals surface area (Å²) in [5.41, 5.74) is 1.50. The second kappa shape index (κ2) is 12.8. The first-order chi connectivity index (χ1) is 17.2. The number of carboxylic acids is 1. The Morgan fingerprint density at radius 3 is 1.14 bits per heavy atom. The van der Waals surface area contributed by atoms with Crippen LogP contribution in [-0.4, -0.2) is 70.2 Å². The number of amides is 4. The van der Waals surface area contributed by atoms with E-state index in [4.69, 9.17) is 5.11 Å². The Bertz CT molecular complexity index is 1030. The second-order valence-corrected chi connectivity index (χ2v) is 7.72. The number of fused-ring (bicyclic) bond motifs is 2. The molecule has 0 aromatic heterocycles. The highest BCUT2D eigenvalue weighted by Crippen LogP contribution is 2.22. The summed E-state index contributed by atoms with van der Waals surface area (Å²) >= 11 is 0. The van der Waals surface area contributed by atoms with Gasteiger partial charge in [-0.15, -0.1) is 0 Å². The predicted octanol–water partition coefficient (Wildman–Crippen LogP) is 2.47. The lowest BCUT2D eigenvalue weighted by atomic mass is 10.1. The molecule has 0 saturated carbocycles. The summed E-state index contributed by atoms with van der Waals surface area (Å²) in [4.78, 5) is 78.7. The van der Waals surface area contributed by atoms with E-state index in [1.165, 1.54) is 0 Å². The highest BCUT2D eigenvalue weighted by atomic mass is 16.4. The van der Waals surface area contributed by atoms with Crippen LogP contribution in [0.25, 0.3) is 0 Å². The van der Waals surface area contributed by atoms with Crippen molar-refractivity contribution in [2.24, 2.45) is 5.92 Å². The number of rotatable bonds is 7. The standard InChI is InChI=1S/2C10H7NO3.C6H12O2/c2*12-6-5-11-9(13)7-3-1-2-4-8(7)10(11)14;1-3-5(4-2)6(7)8/h2*1-4,6H,5H2;5H,3-4H2,1-2H3,(H,7,8). The van der Waals surface area contributed by atoms with Gasteiger partial charge >= 0.3 is 5.97 Å². The summed E-state index contributed by atoms with van der Waals surface area (Å²) in [7, 11) is 0. The molecule has 2 aromatic carbocycles. The van der Waals surface area contributed by atoms with E-state index < -0.39 is 29.6 Å². The quantitative estimate of drug-likeness (QED) is 0.456.